The van der Waals surface area contributed by atoms with E-state index in [1.807, 2.05) is 0 Å². The van der Waals surface area contributed by atoms with Crippen LogP contribution in [0.25, 0.3) is 0 Å². The number of aliphatic hydroxyl groups excluding tert-OH is 1. The number of unbranched alkanes of at least 4 members (excludes halogenated alkanes) is 27. The van der Waals surface area contributed by atoms with Gasteiger partial charge in [0.05, 0.1) is 6.61 Å². The highest BCUT2D eigenvalue weighted by Crippen LogP contribution is 2.15. The van der Waals surface area contributed by atoms with Gasteiger partial charge in [-0.3, -0.25) is 4.79 Å². The molecule has 0 fully saturated rings. The lowest BCUT2D eigenvalue weighted by atomic mass is 10.0. The average molecular weight is 583 g/mol. The highest BCUT2D eigenvalue weighted by Gasteiger charge is 2.09. The van der Waals surface area contributed by atoms with Crippen LogP contribution in [0.15, 0.2) is 0 Å². The Balaban J connectivity index is 3.25. The van der Waals surface area contributed by atoms with E-state index >= 15 is 0 Å². The molecule has 41 heavy (non-hydrogen) atoms. The Morgan fingerprint density at radius 2 is 0.780 bits per heavy atom. The second kappa shape index (κ2) is 35.6. The van der Waals surface area contributed by atoms with E-state index in [0.717, 1.165) is 19.3 Å². The predicted octanol–water partition coefficient (Wildman–Crippen LogP) is 11.6. The summed E-state index contributed by atoms with van der Waals surface area (Å²) in [6.07, 6.45) is 38.4. The lowest BCUT2D eigenvalue weighted by Gasteiger charge is -2.12. The minimum absolute atomic E-state index is 0.0518. The van der Waals surface area contributed by atoms with Gasteiger partial charge in [0.15, 0.2) is 0 Å². The van der Waals surface area contributed by atoms with Gasteiger partial charge in [0.2, 0.25) is 0 Å². The van der Waals surface area contributed by atoms with Gasteiger partial charge in [-0.05, 0) is 12.8 Å². The van der Waals surface area contributed by atoms with E-state index in [2.05, 4.69) is 13.8 Å². The summed E-state index contributed by atoms with van der Waals surface area (Å²) in [7, 11) is 0. The van der Waals surface area contributed by atoms with Crippen molar-refractivity contribution >= 4 is 5.97 Å². The topological polar surface area (TPSA) is 55.8 Å². The summed E-state index contributed by atoms with van der Waals surface area (Å²) in [4.78, 5) is 11.9. The summed E-state index contributed by atoms with van der Waals surface area (Å²) in [5.41, 5.74) is 0. The molecule has 0 aliphatic heterocycles. The number of rotatable bonds is 35. The Morgan fingerprint density at radius 1 is 0.463 bits per heavy atom. The second-order valence-corrected chi connectivity index (χ2v) is 12.7. The van der Waals surface area contributed by atoms with Crippen molar-refractivity contribution in [3.63, 3.8) is 0 Å². The first-order valence-electron chi connectivity index (χ1n) is 18.6. The Bertz CT molecular complexity index is 495. The third-order valence-corrected chi connectivity index (χ3v) is 8.37. The fourth-order valence-electron chi connectivity index (χ4n) is 5.57. The van der Waals surface area contributed by atoms with Gasteiger partial charge in [0.25, 0.3) is 0 Å². The molecule has 246 valence electrons. The number of carbonyl (C=O) groups is 1. The zero-order valence-corrected chi connectivity index (χ0v) is 28.1. The SMILES string of the molecule is CCCCCCCCCCCCCCCCCCOCC(O)COC(=O)CCCCCCCCCCCCCCC. The number of aliphatic hydroxyl groups is 1. The molecule has 1 atom stereocenters. The van der Waals surface area contributed by atoms with Crippen molar-refractivity contribution in [2.24, 2.45) is 0 Å². The summed E-state index contributed by atoms with van der Waals surface area (Å²) in [6.45, 7) is 5.54. The molecule has 0 rings (SSSR count). The Morgan fingerprint density at radius 3 is 1.15 bits per heavy atom. The molecule has 0 saturated carbocycles. The fraction of sp³-hybridized carbons (Fsp3) is 0.973. The van der Waals surface area contributed by atoms with Crippen molar-refractivity contribution in [3.05, 3.63) is 0 Å². The standard InChI is InChI=1S/C37H74O4/c1-3-5-7-9-11-13-15-17-18-19-21-23-25-27-29-31-33-40-34-36(38)35-41-37(39)32-30-28-26-24-22-20-16-14-12-10-8-6-4-2/h36,38H,3-35H2,1-2H3. The molecule has 4 nitrogen and oxygen atoms in total. The minimum atomic E-state index is -0.716. The number of hydrogen-bond acceptors (Lipinski definition) is 4. The molecule has 0 aromatic heterocycles. The maximum atomic E-state index is 11.9. The van der Waals surface area contributed by atoms with E-state index in [0.29, 0.717) is 13.0 Å². The summed E-state index contributed by atoms with van der Waals surface area (Å²) in [6, 6.07) is 0. The third-order valence-electron chi connectivity index (χ3n) is 8.37. The molecule has 1 N–H and O–H groups in total. The lowest BCUT2D eigenvalue weighted by molar-refractivity contribution is -0.147. The van der Waals surface area contributed by atoms with E-state index in [1.54, 1.807) is 0 Å². The van der Waals surface area contributed by atoms with E-state index in [-0.39, 0.29) is 19.2 Å². The summed E-state index contributed by atoms with van der Waals surface area (Å²) in [5, 5.41) is 10.0. The van der Waals surface area contributed by atoms with Gasteiger partial charge in [-0.2, -0.15) is 0 Å². The fourth-order valence-corrected chi connectivity index (χ4v) is 5.57. The van der Waals surface area contributed by atoms with Crippen LogP contribution in [0.2, 0.25) is 0 Å². The van der Waals surface area contributed by atoms with Crippen molar-refractivity contribution in [2.75, 3.05) is 19.8 Å². The quantitative estimate of drug-likeness (QED) is 0.0596. The van der Waals surface area contributed by atoms with Gasteiger partial charge in [0.1, 0.15) is 12.7 Å². The molecule has 0 saturated heterocycles. The molecule has 1 unspecified atom stereocenters. The van der Waals surface area contributed by atoms with Crippen LogP contribution in [-0.2, 0) is 14.3 Å². The molecule has 0 heterocycles. The van der Waals surface area contributed by atoms with Gasteiger partial charge >= 0.3 is 5.97 Å². The van der Waals surface area contributed by atoms with Gasteiger partial charge in [-0.15, -0.1) is 0 Å². The zero-order chi connectivity index (χ0) is 29.9. The van der Waals surface area contributed by atoms with Crippen molar-refractivity contribution in [3.8, 4) is 0 Å². The molecule has 0 amide bonds. The van der Waals surface area contributed by atoms with E-state index in [4.69, 9.17) is 9.47 Å². The molecule has 0 aromatic carbocycles. The maximum Gasteiger partial charge on any atom is 0.305 e. The van der Waals surface area contributed by atoms with Gasteiger partial charge < -0.3 is 14.6 Å². The first-order chi connectivity index (χ1) is 20.2. The van der Waals surface area contributed by atoms with Crippen LogP contribution in [-0.4, -0.2) is 37.0 Å². The number of ether oxygens (including phenoxy) is 2. The highest BCUT2D eigenvalue weighted by atomic mass is 16.5. The minimum Gasteiger partial charge on any atom is -0.463 e. The van der Waals surface area contributed by atoms with E-state index in [9.17, 15) is 9.90 Å². The van der Waals surface area contributed by atoms with E-state index < -0.39 is 6.10 Å². The number of carbonyl (C=O) groups excluding carboxylic acids is 1. The van der Waals surface area contributed by atoms with E-state index in [1.165, 1.54) is 167 Å². The summed E-state index contributed by atoms with van der Waals surface area (Å²) >= 11 is 0. The molecule has 0 bridgehead atoms. The summed E-state index contributed by atoms with van der Waals surface area (Å²) in [5.74, 6) is -0.190. The van der Waals surface area contributed by atoms with Crippen LogP contribution >= 0.6 is 0 Å². The average Bonchev–Trinajstić information content (AvgIpc) is 2.97. The zero-order valence-electron chi connectivity index (χ0n) is 28.1. The van der Waals surface area contributed by atoms with Crippen LogP contribution in [0.4, 0.5) is 0 Å². The van der Waals surface area contributed by atoms with Gasteiger partial charge in [-0.25, -0.2) is 0 Å². The smallest absolute Gasteiger partial charge is 0.305 e. The third kappa shape index (κ3) is 35.5. The maximum absolute atomic E-state index is 11.9. The Labute approximate surface area is 257 Å². The van der Waals surface area contributed by atoms with Crippen molar-refractivity contribution in [1.29, 1.82) is 0 Å². The van der Waals surface area contributed by atoms with Crippen LogP contribution in [0.3, 0.4) is 0 Å². The first-order valence-corrected chi connectivity index (χ1v) is 18.6. The monoisotopic (exact) mass is 583 g/mol. The predicted molar refractivity (Wildman–Crippen MR) is 178 cm³/mol. The molecule has 0 aliphatic rings. The second-order valence-electron chi connectivity index (χ2n) is 12.7. The summed E-state index contributed by atoms with van der Waals surface area (Å²) < 4.78 is 10.8. The van der Waals surface area contributed by atoms with Gasteiger partial charge in [-0.1, -0.05) is 187 Å². The van der Waals surface area contributed by atoms with Gasteiger partial charge in [0, 0.05) is 13.0 Å². The number of esters is 1. The van der Waals surface area contributed by atoms with Crippen molar-refractivity contribution in [1.82, 2.24) is 0 Å². The molecule has 0 radical (unpaired) electrons. The Hall–Kier alpha value is -0.610. The lowest BCUT2D eigenvalue weighted by Crippen LogP contribution is -2.24. The molecular weight excluding hydrogens is 508 g/mol. The first kappa shape index (κ1) is 40.4. The Kier molecular flexibility index (Phi) is 35.1. The molecule has 0 spiro atoms. The molecular formula is C37H74O4. The van der Waals surface area contributed by atoms with Crippen molar-refractivity contribution in [2.45, 2.75) is 213 Å². The highest BCUT2D eigenvalue weighted by molar-refractivity contribution is 5.69. The molecule has 4 heteroatoms. The van der Waals surface area contributed by atoms with Crippen LogP contribution in [0, 0.1) is 0 Å². The largest absolute Gasteiger partial charge is 0.463 e. The number of hydrogen-bond donors (Lipinski definition) is 1. The molecule has 0 aliphatic carbocycles. The van der Waals surface area contributed by atoms with Crippen LogP contribution < -0.4 is 0 Å². The van der Waals surface area contributed by atoms with Crippen LogP contribution in [0.5, 0.6) is 0 Å². The van der Waals surface area contributed by atoms with Crippen molar-refractivity contribution < 1.29 is 19.4 Å². The molecule has 0 aromatic rings. The van der Waals surface area contributed by atoms with Crippen LogP contribution in [0.1, 0.15) is 206 Å². The normalized spacial score (nSPS) is 12.2.